The van der Waals surface area contributed by atoms with Crippen molar-refractivity contribution in [3.63, 3.8) is 0 Å². The van der Waals surface area contributed by atoms with Gasteiger partial charge in [-0.1, -0.05) is 0 Å². The smallest absolute Gasteiger partial charge is 0.271 e. The first-order valence-electron chi connectivity index (χ1n) is 7.58. The average Bonchev–Trinajstić information content (AvgIpc) is 2.57. The molecule has 0 aliphatic rings. The van der Waals surface area contributed by atoms with Crippen LogP contribution in [0.5, 0.6) is 11.5 Å². The van der Waals surface area contributed by atoms with Gasteiger partial charge in [0, 0.05) is 25.3 Å². The zero-order valence-electron chi connectivity index (χ0n) is 14.0. The molecule has 6 heteroatoms. The van der Waals surface area contributed by atoms with Crippen LogP contribution in [0.1, 0.15) is 22.8 Å². The molecule has 0 radical (unpaired) electrons. The lowest BCUT2D eigenvalue weighted by molar-refractivity contribution is 0.0955. The number of anilines is 1. The van der Waals surface area contributed by atoms with Crippen LogP contribution in [0.25, 0.3) is 0 Å². The highest BCUT2D eigenvalue weighted by molar-refractivity contribution is 5.95. The van der Waals surface area contributed by atoms with Crippen molar-refractivity contribution >= 4 is 17.8 Å². The molecule has 0 heterocycles. The Bertz CT molecular complexity index is 725. The third-order valence-corrected chi connectivity index (χ3v) is 3.31. The molecule has 2 rings (SSSR count). The van der Waals surface area contributed by atoms with Crippen LogP contribution in [0.2, 0.25) is 0 Å². The highest BCUT2D eigenvalue weighted by Gasteiger charge is 2.05. The van der Waals surface area contributed by atoms with E-state index in [0.717, 1.165) is 5.69 Å². The minimum atomic E-state index is -0.299. The van der Waals surface area contributed by atoms with Gasteiger partial charge in [0.1, 0.15) is 0 Å². The van der Waals surface area contributed by atoms with E-state index in [4.69, 9.17) is 4.74 Å². The van der Waals surface area contributed by atoms with Gasteiger partial charge in [0.25, 0.3) is 5.91 Å². The lowest BCUT2D eigenvalue weighted by atomic mass is 10.2. The largest absolute Gasteiger partial charge is 0.504 e. The SMILES string of the molecule is CCOc1ccc(C=NNC(=O)c2ccc(N(C)C)cc2)cc1O. The van der Waals surface area contributed by atoms with E-state index >= 15 is 0 Å². The molecule has 0 saturated carbocycles. The fraction of sp³-hybridized carbons (Fsp3) is 0.222. The number of rotatable bonds is 6. The van der Waals surface area contributed by atoms with Crippen molar-refractivity contribution in [1.82, 2.24) is 5.43 Å². The molecule has 0 aromatic heterocycles. The number of nitrogens with one attached hydrogen (secondary N) is 1. The normalized spacial score (nSPS) is 10.6. The predicted octanol–water partition coefficient (Wildman–Crippen LogP) is 2.62. The molecule has 0 fully saturated rings. The second kappa shape index (κ2) is 8.01. The lowest BCUT2D eigenvalue weighted by Gasteiger charge is -2.12. The molecule has 0 spiro atoms. The van der Waals surface area contributed by atoms with Crippen molar-refractivity contribution in [2.75, 3.05) is 25.6 Å². The summed E-state index contributed by atoms with van der Waals surface area (Å²) in [7, 11) is 3.87. The Morgan fingerprint density at radius 1 is 1.25 bits per heavy atom. The van der Waals surface area contributed by atoms with Gasteiger partial charge >= 0.3 is 0 Å². The summed E-state index contributed by atoms with van der Waals surface area (Å²) in [4.78, 5) is 14.0. The monoisotopic (exact) mass is 327 g/mol. The van der Waals surface area contributed by atoms with Gasteiger partial charge in [-0.05, 0) is 55.0 Å². The number of amides is 1. The number of nitrogens with zero attached hydrogens (tertiary/aromatic N) is 2. The summed E-state index contributed by atoms with van der Waals surface area (Å²) in [6, 6.07) is 12.1. The minimum Gasteiger partial charge on any atom is -0.504 e. The summed E-state index contributed by atoms with van der Waals surface area (Å²) in [5.74, 6) is 0.151. The molecule has 0 bridgehead atoms. The van der Waals surface area contributed by atoms with Crippen LogP contribution in [-0.2, 0) is 0 Å². The van der Waals surface area contributed by atoms with Gasteiger partial charge in [0.2, 0.25) is 0 Å². The number of carbonyl (C=O) groups is 1. The summed E-state index contributed by atoms with van der Waals surface area (Å²) in [5, 5.41) is 13.7. The van der Waals surface area contributed by atoms with Gasteiger partial charge < -0.3 is 14.7 Å². The number of phenolic OH excluding ortho intramolecular Hbond substituents is 1. The number of hydrazone groups is 1. The van der Waals surface area contributed by atoms with E-state index in [-0.39, 0.29) is 11.7 Å². The summed E-state index contributed by atoms with van der Waals surface area (Å²) >= 11 is 0. The fourth-order valence-corrected chi connectivity index (χ4v) is 2.03. The van der Waals surface area contributed by atoms with Crippen molar-refractivity contribution in [2.45, 2.75) is 6.92 Å². The Morgan fingerprint density at radius 3 is 2.54 bits per heavy atom. The fourth-order valence-electron chi connectivity index (χ4n) is 2.03. The Kier molecular flexibility index (Phi) is 5.78. The Balaban J connectivity index is 1.98. The number of benzene rings is 2. The molecule has 0 aliphatic heterocycles. The standard InChI is InChI=1S/C18H21N3O3/c1-4-24-17-10-5-13(11-16(17)22)12-19-20-18(23)14-6-8-15(9-7-14)21(2)3/h5-12,22H,4H2,1-3H3,(H,20,23). The molecule has 6 nitrogen and oxygen atoms in total. The van der Waals surface area contributed by atoms with E-state index in [1.54, 1.807) is 24.3 Å². The van der Waals surface area contributed by atoms with E-state index in [9.17, 15) is 9.90 Å². The maximum Gasteiger partial charge on any atom is 0.271 e. The number of hydrogen-bond donors (Lipinski definition) is 2. The van der Waals surface area contributed by atoms with Gasteiger partial charge in [-0.2, -0.15) is 5.10 Å². The second-order valence-electron chi connectivity index (χ2n) is 5.30. The van der Waals surface area contributed by atoms with Crippen LogP contribution < -0.4 is 15.1 Å². The molecule has 0 aliphatic carbocycles. The Morgan fingerprint density at radius 2 is 1.96 bits per heavy atom. The minimum absolute atomic E-state index is 0.0337. The van der Waals surface area contributed by atoms with Crippen molar-refractivity contribution in [1.29, 1.82) is 0 Å². The highest BCUT2D eigenvalue weighted by Crippen LogP contribution is 2.26. The number of ether oxygens (including phenoxy) is 1. The molecule has 2 aromatic carbocycles. The van der Waals surface area contributed by atoms with Crippen molar-refractivity contribution in [3.8, 4) is 11.5 Å². The molecule has 0 unspecified atom stereocenters. The molecular weight excluding hydrogens is 306 g/mol. The maximum atomic E-state index is 12.0. The van der Waals surface area contributed by atoms with Gasteiger partial charge in [-0.3, -0.25) is 4.79 Å². The van der Waals surface area contributed by atoms with Crippen LogP contribution in [0.4, 0.5) is 5.69 Å². The zero-order chi connectivity index (χ0) is 17.5. The molecule has 126 valence electrons. The first kappa shape index (κ1) is 17.3. The van der Waals surface area contributed by atoms with E-state index in [2.05, 4.69) is 10.5 Å². The van der Waals surface area contributed by atoms with E-state index in [1.807, 2.05) is 38.1 Å². The quantitative estimate of drug-likeness (QED) is 0.632. The second-order valence-corrected chi connectivity index (χ2v) is 5.30. The van der Waals surface area contributed by atoms with Crippen LogP contribution in [0.3, 0.4) is 0 Å². The van der Waals surface area contributed by atoms with Crippen molar-refractivity contribution < 1.29 is 14.6 Å². The molecular formula is C18H21N3O3. The first-order valence-corrected chi connectivity index (χ1v) is 7.58. The maximum absolute atomic E-state index is 12.0. The molecule has 0 atom stereocenters. The van der Waals surface area contributed by atoms with Crippen molar-refractivity contribution in [2.24, 2.45) is 5.10 Å². The van der Waals surface area contributed by atoms with Crippen molar-refractivity contribution in [3.05, 3.63) is 53.6 Å². The lowest BCUT2D eigenvalue weighted by Crippen LogP contribution is -2.17. The molecule has 0 saturated heterocycles. The third kappa shape index (κ3) is 4.49. The highest BCUT2D eigenvalue weighted by atomic mass is 16.5. The molecule has 2 N–H and O–H groups in total. The third-order valence-electron chi connectivity index (χ3n) is 3.31. The summed E-state index contributed by atoms with van der Waals surface area (Å²) in [5.41, 5.74) is 4.65. The topological polar surface area (TPSA) is 74.2 Å². The van der Waals surface area contributed by atoms with Gasteiger partial charge in [-0.25, -0.2) is 5.43 Å². The summed E-state index contributed by atoms with van der Waals surface area (Å²) < 4.78 is 5.25. The van der Waals surface area contributed by atoms with Gasteiger partial charge in [0.15, 0.2) is 11.5 Å². The molecule has 24 heavy (non-hydrogen) atoms. The first-order chi connectivity index (χ1) is 11.5. The molecule has 2 aromatic rings. The Hall–Kier alpha value is -3.02. The van der Waals surface area contributed by atoms with Crippen LogP contribution in [-0.4, -0.2) is 37.9 Å². The predicted molar refractivity (Wildman–Crippen MR) is 95.1 cm³/mol. The number of aromatic hydroxyl groups is 1. The van der Waals surface area contributed by atoms with Crippen LogP contribution in [0.15, 0.2) is 47.6 Å². The van der Waals surface area contributed by atoms with Crippen LogP contribution in [0, 0.1) is 0 Å². The summed E-state index contributed by atoms with van der Waals surface area (Å²) in [6.07, 6.45) is 1.46. The van der Waals surface area contributed by atoms with Gasteiger partial charge in [0.05, 0.1) is 12.8 Å². The number of phenols is 1. The van der Waals surface area contributed by atoms with E-state index in [0.29, 0.717) is 23.5 Å². The zero-order valence-corrected chi connectivity index (χ0v) is 14.0. The average molecular weight is 327 g/mol. The number of hydrogen-bond acceptors (Lipinski definition) is 5. The van der Waals surface area contributed by atoms with Crippen LogP contribution >= 0.6 is 0 Å². The van der Waals surface area contributed by atoms with Gasteiger partial charge in [-0.15, -0.1) is 0 Å². The number of carbonyl (C=O) groups excluding carboxylic acids is 1. The molecule has 1 amide bonds. The Labute approximate surface area is 141 Å². The van der Waals surface area contributed by atoms with E-state index in [1.165, 1.54) is 12.3 Å². The van der Waals surface area contributed by atoms with E-state index < -0.39 is 0 Å². The summed E-state index contributed by atoms with van der Waals surface area (Å²) in [6.45, 7) is 2.32.